The lowest BCUT2D eigenvalue weighted by molar-refractivity contribution is 0.0186. The highest BCUT2D eigenvalue weighted by Crippen LogP contribution is 2.22. The predicted octanol–water partition coefficient (Wildman–Crippen LogP) is 3.24. The van der Waals surface area contributed by atoms with Gasteiger partial charge in [0.15, 0.2) is 0 Å². The van der Waals surface area contributed by atoms with Gasteiger partial charge in [-0.1, -0.05) is 15.9 Å². The molecule has 0 aliphatic heterocycles. The minimum atomic E-state index is -0.00884. The molecule has 0 fully saturated rings. The number of methoxy groups -OCH3 is 2. The molecule has 20 heavy (non-hydrogen) atoms. The van der Waals surface area contributed by atoms with Crippen LogP contribution in [0.2, 0.25) is 0 Å². The Morgan fingerprint density at radius 3 is 2.85 bits per heavy atom. The van der Waals surface area contributed by atoms with Gasteiger partial charge in [-0.25, -0.2) is 4.98 Å². The van der Waals surface area contributed by atoms with Gasteiger partial charge in [-0.3, -0.25) is 0 Å². The lowest BCUT2D eigenvalue weighted by atomic mass is 10.3. The molecular formula is C14H18BrClN2O2. The number of fused-ring (bicyclic) bond motifs is 1. The Hall–Kier alpha value is -0.620. The first-order valence-electron chi connectivity index (χ1n) is 6.42. The van der Waals surface area contributed by atoms with Crippen LogP contribution in [0.15, 0.2) is 22.7 Å². The van der Waals surface area contributed by atoms with Crippen molar-refractivity contribution in [3.05, 3.63) is 28.5 Å². The number of alkyl halides is 1. The second-order valence-electron chi connectivity index (χ2n) is 4.52. The molecule has 0 amide bonds. The molecule has 1 heterocycles. The first-order chi connectivity index (χ1) is 9.69. The fourth-order valence-corrected chi connectivity index (χ4v) is 2.73. The van der Waals surface area contributed by atoms with Crippen molar-refractivity contribution in [2.24, 2.45) is 0 Å². The Bertz CT molecular complexity index is 574. The molecule has 2 rings (SSSR count). The van der Waals surface area contributed by atoms with E-state index in [9.17, 15) is 0 Å². The highest BCUT2D eigenvalue weighted by Gasteiger charge is 2.15. The summed E-state index contributed by atoms with van der Waals surface area (Å²) in [6.45, 7) is 1.24. The van der Waals surface area contributed by atoms with Crippen LogP contribution in [0.5, 0.6) is 0 Å². The van der Waals surface area contributed by atoms with Gasteiger partial charge in [-0.05, 0) is 18.2 Å². The second kappa shape index (κ2) is 7.41. The first-order valence-corrected chi connectivity index (χ1v) is 7.74. The van der Waals surface area contributed by atoms with E-state index in [0.29, 0.717) is 19.0 Å². The maximum atomic E-state index is 5.88. The summed E-state index contributed by atoms with van der Waals surface area (Å²) in [6.07, 6.45) is 0.725. The molecular weight excluding hydrogens is 344 g/mol. The highest BCUT2D eigenvalue weighted by atomic mass is 79.9. The third kappa shape index (κ3) is 3.52. The van der Waals surface area contributed by atoms with Crippen molar-refractivity contribution in [2.45, 2.75) is 19.1 Å². The number of halogens is 2. The summed E-state index contributed by atoms with van der Waals surface area (Å²) in [6, 6.07) is 6.07. The minimum Gasteiger partial charge on any atom is -0.382 e. The average Bonchev–Trinajstić information content (AvgIpc) is 2.76. The van der Waals surface area contributed by atoms with Crippen molar-refractivity contribution in [1.29, 1.82) is 0 Å². The summed E-state index contributed by atoms with van der Waals surface area (Å²) >= 11 is 9.39. The fourth-order valence-electron chi connectivity index (χ4n) is 2.21. The van der Waals surface area contributed by atoms with Crippen LogP contribution in [0.3, 0.4) is 0 Å². The van der Waals surface area contributed by atoms with Gasteiger partial charge in [-0.15, -0.1) is 11.6 Å². The quantitative estimate of drug-likeness (QED) is 0.710. The van der Waals surface area contributed by atoms with Crippen LogP contribution in [0.25, 0.3) is 11.0 Å². The Kier molecular flexibility index (Phi) is 5.84. The van der Waals surface area contributed by atoms with Gasteiger partial charge < -0.3 is 14.0 Å². The largest absolute Gasteiger partial charge is 0.382 e. The average molecular weight is 362 g/mol. The number of hydrogen-bond acceptors (Lipinski definition) is 3. The van der Waals surface area contributed by atoms with Crippen LogP contribution in [-0.4, -0.2) is 42.4 Å². The zero-order chi connectivity index (χ0) is 14.5. The fraction of sp³-hybridized carbons (Fsp3) is 0.500. The van der Waals surface area contributed by atoms with Crippen molar-refractivity contribution < 1.29 is 9.47 Å². The number of nitrogens with zero attached hydrogens (tertiary/aromatic N) is 2. The SMILES string of the molecule is COCC(Cn1c(CCCl)nc2ccc(Br)cc21)OC. The summed E-state index contributed by atoms with van der Waals surface area (Å²) in [5, 5.41) is 0. The Morgan fingerprint density at radius 2 is 2.20 bits per heavy atom. The van der Waals surface area contributed by atoms with E-state index in [2.05, 4.69) is 31.5 Å². The van der Waals surface area contributed by atoms with E-state index in [1.807, 2.05) is 12.1 Å². The third-order valence-corrected chi connectivity index (χ3v) is 3.86. The van der Waals surface area contributed by atoms with E-state index in [0.717, 1.165) is 27.8 Å². The molecule has 1 aromatic heterocycles. The molecule has 0 saturated carbocycles. The van der Waals surface area contributed by atoms with Gasteiger partial charge in [0, 0.05) is 31.0 Å². The molecule has 6 heteroatoms. The highest BCUT2D eigenvalue weighted by molar-refractivity contribution is 9.10. The monoisotopic (exact) mass is 360 g/mol. The molecule has 0 bridgehead atoms. The Labute approximate surface area is 132 Å². The summed E-state index contributed by atoms with van der Waals surface area (Å²) in [4.78, 5) is 4.65. The van der Waals surface area contributed by atoms with Crippen molar-refractivity contribution >= 4 is 38.6 Å². The van der Waals surface area contributed by atoms with Crippen molar-refractivity contribution in [3.8, 4) is 0 Å². The van der Waals surface area contributed by atoms with Crippen molar-refractivity contribution in [1.82, 2.24) is 9.55 Å². The van der Waals surface area contributed by atoms with Crippen LogP contribution < -0.4 is 0 Å². The molecule has 0 radical (unpaired) electrons. The van der Waals surface area contributed by atoms with E-state index < -0.39 is 0 Å². The van der Waals surface area contributed by atoms with Gasteiger partial charge >= 0.3 is 0 Å². The number of hydrogen-bond donors (Lipinski definition) is 0. The molecule has 4 nitrogen and oxygen atoms in total. The van der Waals surface area contributed by atoms with Crippen molar-refractivity contribution in [3.63, 3.8) is 0 Å². The van der Waals surface area contributed by atoms with Crippen LogP contribution in [-0.2, 0) is 22.4 Å². The number of aryl methyl sites for hydroxylation is 1. The third-order valence-electron chi connectivity index (χ3n) is 3.18. The standard InChI is InChI=1S/C14H18BrClN2O2/c1-19-9-11(20-2)8-18-13-7-10(15)3-4-12(13)17-14(18)5-6-16/h3-4,7,11H,5-6,8-9H2,1-2H3. The number of imidazole rings is 1. The van der Waals surface area contributed by atoms with E-state index in [4.69, 9.17) is 21.1 Å². The molecule has 2 aromatic rings. The molecule has 110 valence electrons. The van der Waals surface area contributed by atoms with Crippen LogP contribution in [0.1, 0.15) is 5.82 Å². The molecule has 1 atom stereocenters. The van der Waals surface area contributed by atoms with Crippen LogP contribution in [0, 0.1) is 0 Å². The topological polar surface area (TPSA) is 36.3 Å². The molecule has 0 saturated heterocycles. The Morgan fingerprint density at radius 1 is 1.40 bits per heavy atom. The van der Waals surface area contributed by atoms with Gasteiger partial charge in [0.1, 0.15) is 5.82 Å². The van der Waals surface area contributed by atoms with Crippen LogP contribution in [0.4, 0.5) is 0 Å². The molecule has 1 unspecified atom stereocenters. The number of rotatable bonds is 7. The van der Waals surface area contributed by atoms with Gasteiger partial charge in [0.05, 0.1) is 30.3 Å². The first kappa shape index (κ1) is 15.8. The van der Waals surface area contributed by atoms with E-state index in [1.165, 1.54) is 0 Å². The normalized spacial score (nSPS) is 13.0. The molecule has 0 aliphatic carbocycles. The van der Waals surface area contributed by atoms with Gasteiger partial charge in [0.25, 0.3) is 0 Å². The zero-order valence-corrected chi connectivity index (χ0v) is 13.9. The molecule has 1 aromatic carbocycles. The summed E-state index contributed by atoms with van der Waals surface area (Å²) in [5.74, 6) is 1.53. The summed E-state index contributed by atoms with van der Waals surface area (Å²) in [5.41, 5.74) is 2.05. The van der Waals surface area contributed by atoms with E-state index in [-0.39, 0.29) is 6.10 Å². The molecule has 0 aliphatic rings. The smallest absolute Gasteiger partial charge is 0.111 e. The Balaban J connectivity index is 2.41. The van der Waals surface area contributed by atoms with E-state index in [1.54, 1.807) is 14.2 Å². The minimum absolute atomic E-state index is 0.00884. The second-order valence-corrected chi connectivity index (χ2v) is 5.82. The van der Waals surface area contributed by atoms with Gasteiger partial charge in [0.2, 0.25) is 0 Å². The number of ether oxygens (including phenoxy) is 2. The molecule has 0 N–H and O–H groups in total. The van der Waals surface area contributed by atoms with E-state index >= 15 is 0 Å². The predicted molar refractivity (Wildman–Crippen MR) is 84.5 cm³/mol. The zero-order valence-electron chi connectivity index (χ0n) is 11.6. The number of aromatic nitrogens is 2. The van der Waals surface area contributed by atoms with Crippen molar-refractivity contribution in [2.75, 3.05) is 26.7 Å². The maximum Gasteiger partial charge on any atom is 0.111 e. The lowest BCUT2D eigenvalue weighted by Gasteiger charge is -2.17. The van der Waals surface area contributed by atoms with Crippen LogP contribution >= 0.6 is 27.5 Å². The maximum absolute atomic E-state index is 5.88. The lowest BCUT2D eigenvalue weighted by Crippen LogP contribution is -2.24. The summed E-state index contributed by atoms with van der Waals surface area (Å²) in [7, 11) is 3.37. The van der Waals surface area contributed by atoms with Gasteiger partial charge in [-0.2, -0.15) is 0 Å². The molecule has 0 spiro atoms. The summed E-state index contributed by atoms with van der Waals surface area (Å²) < 4.78 is 13.8. The number of benzene rings is 1.